The lowest BCUT2D eigenvalue weighted by molar-refractivity contribution is -0.119. The van der Waals surface area contributed by atoms with Crippen LogP contribution in [0, 0.1) is 19.8 Å². The number of benzene rings is 2. The minimum atomic E-state index is -0.0238. The van der Waals surface area contributed by atoms with Crippen molar-refractivity contribution in [2.45, 2.75) is 45.8 Å². The van der Waals surface area contributed by atoms with Crippen molar-refractivity contribution in [1.82, 2.24) is 20.5 Å². The van der Waals surface area contributed by atoms with E-state index in [1.54, 1.807) is 0 Å². The summed E-state index contributed by atoms with van der Waals surface area (Å²) in [5, 5.41) is 12.3. The van der Waals surface area contributed by atoms with Gasteiger partial charge in [-0.05, 0) is 26.7 Å². The Morgan fingerprint density at radius 1 is 0.867 bits per heavy atom. The third kappa shape index (κ3) is 5.66. The van der Waals surface area contributed by atoms with Crippen LogP contribution in [0.5, 0.6) is 0 Å². The second kappa shape index (κ2) is 9.85. The normalized spacial score (nSPS) is 12.1. The van der Waals surface area contributed by atoms with Crippen LogP contribution in [-0.2, 0) is 4.79 Å². The summed E-state index contributed by atoms with van der Waals surface area (Å²) in [5.74, 6) is 0.624. The van der Waals surface area contributed by atoms with Crippen LogP contribution in [0.2, 0.25) is 0 Å². The molecular formula is C24H28N4OS. The number of thioether (sulfide) groups is 1. The molecule has 0 radical (unpaired) electrons. The summed E-state index contributed by atoms with van der Waals surface area (Å²) in [6, 6.07) is 16.5. The molecule has 0 spiro atoms. The maximum absolute atomic E-state index is 12.2. The van der Waals surface area contributed by atoms with E-state index < -0.39 is 0 Å². The summed E-state index contributed by atoms with van der Waals surface area (Å²) in [6.45, 7) is 10.3. The molecule has 0 aliphatic rings. The Labute approximate surface area is 182 Å². The average molecular weight is 421 g/mol. The smallest absolute Gasteiger partial charge is 0.230 e. The molecule has 0 saturated carbocycles. The lowest BCUT2D eigenvalue weighted by Crippen LogP contribution is -2.37. The zero-order chi connectivity index (χ0) is 21.7. The quantitative estimate of drug-likeness (QED) is 0.540. The molecule has 0 saturated heterocycles. The first kappa shape index (κ1) is 22.0. The van der Waals surface area contributed by atoms with Crippen molar-refractivity contribution in [3.63, 3.8) is 0 Å². The van der Waals surface area contributed by atoms with E-state index >= 15 is 0 Å². The molecule has 1 amide bonds. The Hall–Kier alpha value is -2.73. The van der Waals surface area contributed by atoms with Gasteiger partial charge in [0.05, 0.1) is 5.75 Å². The number of nitrogens with zero attached hydrogens (tertiary/aromatic N) is 3. The highest BCUT2D eigenvalue weighted by atomic mass is 32.2. The minimum absolute atomic E-state index is 0.0238. The van der Waals surface area contributed by atoms with Gasteiger partial charge >= 0.3 is 0 Å². The Kier molecular flexibility index (Phi) is 7.21. The molecule has 30 heavy (non-hydrogen) atoms. The maximum atomic E-state index is 12.2. The van der Waals surface area contributed by atoms with E-state index in [9.17, 15) is 4.79 Å². The number of aryl methyl sites for hydroxylation is 2. The zero-order valence-corrected chi connectivity index (χ0v) is 19.0. The molecule has 0 bridgehead atoms. The van der Waals surface area contributed by atoms with Crippen LogP contribution in [0.15, 0.2) is 53.7 Å². The summed E-state index contributed by atoms with van der Waals surface area (Å²) in [4.78, 5) is 17.0. The van der Waals surface area contributed by atoms with E-state index in [1.807, 2.05) is 31.2 Å². The standard InChI is InChI=1S/C24H28N4OS/c1-15(2)18(5)25-21(29)14-30-24-26-22(19-10-6-16(3)7-11-19)23(27-28-24)20-12-8-17(4)9-13-20/h6-13,15,18H,14H2,1-5H3,(H,25,29). The summed E-state index contributed by atoms with van der Waals surface area (Å²) in [5.41, 5.74) is 5.82. The molecule has 1 N–H and O–H groups in total. The lowest BCUT2D eigenvalue weighted by atomic mass is 10.0. The highest BCUT2D eigenvalue weighted by molar-refractivity contribution is 7.99. The van der Waals surface area contributed by atoms with Gasteiger partial charge in [0.15, 0.2) is 0 Å². The predicted octanol–water partition coefficient (Wildman–Crippen LogP) is 5.08. The fourth-order valence-electron chi connectivity index (χ4n) is 2.78. The third-order valence-corrected chi connectivity index (χ3v) is 5.88. The Morgan fingerprint density at radius 3 is 1.93 bits per heavy atom. The highest BCUT2D eigenvalue weighted by Gasteiger charge is 2.16. The van der Waals surface area contributed by atoms with Gasteiger partial charge in [-0.3, -0.25) is 4.79 Å². The van der Waals surface area contributed by atoms with Crippen LogP contribution in [0.3, 0.4) is 0 Å². The molecule has 3 aromatic rings. The zero-order valence-electron chi connectivity index (χ0n) is 18.1. The van der Waals surface area contributed by atoms with Gasteiger partial charge in [0.25, 0.3) is 0 Å². The lowest BCUT2D eigenvalue weighted by Gasteiger charge is -2.17. The van der Waals surface area contributed by atoms with Gasteiger partial charge in [0.1, 0.15) is 11.4 Å². The average Bonchev–Trinajstić information content (AvgIpc) is 2.73. The Bertz CT molecular complexity index is 1000. The van der Waals surface area contributed by atoms with E-state index in [0.29, 0.717) is 11.1 Å². The van der Waals surface area contributed by atoms with Crippen LogP contribution in [0.4, 0.5) is 0 Å². The topological polar surface area (TPSA) is 67.8 Å². The molecular weight excluding hydrogens is 392 g/mol. The van der Waals surface area contributed by atoms with Crippen LogP contribution in [0.1, 0.15) is 31.9 Å². The molecule has 6 heteroatoms. The summed E-state index contributed by atoms with van der Waals surface area (Å²) < 4.78 is 0. The van der Waals surface area contributed by atoms with Crippen molar-refractivity contribution in [2.75, 3.05) is 5.75 Å². The van der Waals surface area contributed by atoms with E-state index in [4.69, 9.17) is 4.98 Å². The van der Waals surface area contributed by atoms with E-state index in [0.717, 1.165) is 22.5 Å². The van der Waals surface area contributed by atoms with Crippen molar-refractivity contribution in [3.8, 4) is 22.5 Å². The number of amides is 1. The molecule has 2 aromatic carbocycles. The van der Waals surface area contributed by atoms with E-state index in [-0.39, 0.29) is 17.7 Å². The summed E-state index contributed by atoms with van der Waals surface area (Å²) in [6.07, 6.45) is 0. The summed E-state index contributed by atoms with van der Waals surface area (Å²) in [7, 11) is 0. The van der Waals surface area contributed by atoms with Crippen LogP contribution < -0.4 is 5.32 Å². The number of nitrogens with one attached hydrogen (secondary N) is 1. The Morgan fingerprint density at radius 2 is 1.40 bits per heavy atom. The molecule has 0 fully saturated rings. The first-order chi connectivity index (χ1) is 14.3. The monoisotopic (exact) mass is 420 g/mol. The van der Waals surface area contributed by atoms with Crippen molar-refractivity contribution in [1.29, 1.82) is 0 Å². The second-order valence-corrected chi connectivity index (χ2v) is 8.86. The summed E-state index contributed by atoms with van der Waals surface area (Å²) >= 11 is 1.30. The molecule has 1 unspecified atom stereocenters. The molecule has 156 valence electrons. The fraction of sp³-hybridized carbons (Fsp3) is 0.333. The van der Waals surface area contributed by atoms with Gasteiger partial charge in [0.2, 0.25) is 11.1 Å². The van der Waals surface area contributed by atoms with Crippen LogP contribution >= 0.6 is 11.8 Å². The molecule has 1 heterocycles. The fourth-order valence-corrected chi connectivity index (χ4v) is 3.38. The third-order valence-electron chi connectivity index (χ3n) is 5.04. The van der Waals surface area contributed by atoms with E-state index in [1.165, 1.54) is 22.9 Å². The molecule has 3 rings (SSSR count). The van der Waals surface area contributed by atoms with Gasteiger partial charge in [-0.15, -0.1) is 10.2 Å². The van der Waals surface area contributed by atoms with Crippen molar-refractivity contribution in [2.24, 2.45) is 5.92 Å². The van der Waals surface area contributed by atoms with Gasteiger partial charge in [-0.2, -0.15) is 0 Å². The van der Waals surface area contributed by atoms with E-state index in [2.05, 4.69) is 67.5 Å². The SMILES string of the molecule is Cc1ccc(-c2nnc(SCC(=O)NC(C)C(C)C)nc2-c2ccc(C)cc2)cc1. The van der Waals surface area contributed by atoms with Crippen LogP contribution in [0.25, 0.3) is 22.5 Å². The molecule has 5 nitrogen and oxygen atoms in total. The van der Waals surface area contributed by atoms with Crippen LogP contribution in [-0.4, -0.2) is 32.9 Å². The van der Waals surface area contributed by atoms with Gasteiger partial charge in [-0.1, -0.05) is 85.3 Å². The minimum Gasteiger partial charge on any atom is -0.353 e. The number of hydrogen-bond acceptors (Lipinski definition) is 5. The molecule has 1 aromatic heterocycles. The first-order valence-electron chi connectivity index (χ1n) is 10.1. The number of carbonyl (C=O) groups is 1. The van der Waals surface area contributed by atoms with Gasteiger partial charge in [-0.25, -0.2) is 4.98 Å². The molecule has 0 aliphatic heterocycles. The highest BCUT2D eigenvalue weighted by Crippen LogP contribution is 2.30. The molecule has 1 atom stereocenters. The van der Waals surface area contributed by atoms with Crippen molar-refractivity contribution < 1.29 is 4.79 Å². The number of hydrogen-bond donors (Lipinski definition) is 1. The number of carbonyl (C=O) groups excluding carboxylic acids is 1. The number of aromatic nitrogens is 3. The number of rotatable bonds is 7. The first-order valence-corrected chi connectivity index (χ1v) is 11.1. The van der Waals surface area contributed by atoms with Gasteiger partial charge in [0, 0.05) is 17.2 Å². The van der Waals surface area contributed by atoms with Crippen molar-refractivity contribution in [3.05, 3.63) is 59.7 Å². The Balaban J connectivity index is 1.88. The predicted molar refractivity (Wildman–Crippen MR) is 123 cm³/mol. The largest absolute Gasteiger partial charge is 0.353 e. The molecule has 0 aliphatic carbocycles. The van der Waals surface area contributed by atoms with Gasteiger partial charge < -0.3 is 5.32 Å². The van der Waals surface area contributed by atoms with Crippen molar-refractivity contribution >= 4 is 17.7 Å². The second-order valence-electron chi connectivity index (χ2n) is 7.91. The maximum Gasteiger partial charge on any atom is 0.230 e.